The van der Waals surface area contributed by atoms with Crippen LogP contribution in [0, 0.1) is 5.41 Å². The fourth-order valence-corrected chi connectivity index (χ4v) is 2.28. The van der Waals surface area contributed by atoms with Crippen molar-refractivity contribution in [2.24, 2.45) is 5.41 Å². The SMILES string of the molecule is CNC1CN(C(=O)O)C(C(C)(C)C)C1O. The molecular formula is C10H20N2O3. The summed E-state index contributed by atoms with van der Waals surface area (Å²) >= 11 is 0. The lowest BCUT2D eigenvalue weighted by molar-refractivity contribution is 0.0407. The van der Waals surface area contributed by atoms with Gasteiger partial charge in [-0.1, -0.05) is 20.8 Å². The van der Waals surface area contributed by atoms with Crippen LogP contribution < -0.4 is 5.32 Å². The van der Waals surface area contributed by atoms with E-state index in [0.717, 1.165) is 0 Å². The van der Waals surface area contributed by atoms with Crippen LogP contribution in [0.4, 0.5) is 4.79 Å². The number of likely N-dealkylation sites (tertiary alicyclic amines) is 1. The van der Waals surface area contributed by atoms with E-state index >= 15 is 0 Å². The number of hydrogen-bond acceptors (Lipinski definition) is 3. The van der Waals surface area contributed by atoms with Crippen molar-refractivity contribution in [3.05, 3.63) is 0 Å². The maximum atomic E-state index is 11.1. The van der Waals surface area contributed by atoms with E-state index in [2.05, 4.69) is 5.32 Å². The van der Waals surface area contributed by atoms with Crippen LogP contribution in [0.2, 0.25) is 0 Å². The quantitative estimate of drug-likeness (QED) is 0.591. The van der Waals surface area contributed by atoms with Crippen LogP contribution in [0.5, 0.6) is 0 Å². The highest BCUT2D eigenvalue weighted by molar-refractivity contribution is 5.66. The van der Waals surface area contributed by atoms with E-state index < -0.39 is 12.2 Å². The van der Waals surface area contributed by atoms with Gasteiger partial charge in [-0.3, -0.25) is 0 Å². The minimum absolute atomic E-state index is 0.176. The molecule has 88 valence electrons. The number of nitrogens with one attached hydrogen (secondary N) is 1. The Morgan fingerprint density at radius 1 is 1.47 bits per heavy atom. The molecule has 0 aliphatic carbocycles. The molecule has 0 bridgehead atoms. The van der Waals surface area contributed by atoms with E-state index in [4.69, 9.17) is 5.11 Å². The predicted octanol–water partition coefficient (Wildman–Crippen LogP) is 0.344. The summed E-state index contributed by atoms with van der Waals surface area (Å²) in [6.07, 6.45) is -1.61. The van der Waals surface area contributed by atoms with Crippen molar-refractivity contribution >= 4 is 6.09 Å². The second kappa shape index (κ2) is 3.98. The van der Waals surface area contributed by atoms with Crippen LogP contribution in [0.25, 0.3) is 0 Å². The van der Waals surface area contributed by atoms with Gasteiger partial charge in [0.05, 0.1) is 18.2 Å². The molecule has 0 aromatic rings. The summed E-state index contributed by atoms with van der Waals surface area (Å²) in [5, 5.41) is 22.0. The van der Waals surface area contributed by atoms with Crippen molar-refractivity contribution in [3.8, 4) is 0 Å². The van der Waals surface area contributed by atoms with Gasteiger partial charge in [0.15, 0.2) is 0 Å². The molecule has 5 heteroatoms. The fraction of sp³-hybridized carbons (Fsp3) is 0.900. The van der Waals surface area contributed by atoms with E-state index in [1.54, 1.807) is 7.05 Å². The van der Waals surface area contributed by atoms with Crippen molar-refractivity contribution in [2.45, 2.75) is 39.0 Å². The lowest BCUT2D eigenvalue weighted by Crippen LogP contribution is -2.48. The Bertz CT molecular complexity index is 250. The van der Waals surface area contributed by atoms with Gasteiger partial charge >= 0.3 is 6.09 Å². The number of hydrogen-bond donors (Lipinski definition) is 3. The van der Waals surface area contributed by atoms with Crippen LogP contribution in [0.3, 0.4) is 0 Å². The summed E-state index contributed by atoms with van der Waals surface area (Å²) in [5.41, 5.74) is -0.261. The summed E-state index contributed by atoms with van der Waals surface area (Å²) in [6, 6.07) is -0.530. The largest absolute Gasteiger partial charge is 0.465 e. The molecular weight excluding hydrogens is 196 g/mol. The maximum Gasteiger partial charge on any atom is 0.407 e. The molecule has 5 nitrogen and oxygen atoms in total. The standard InChI is InChI=1S/C10H20N2O3/c1-10(2,3)8-7(13)6(11-4)5-12(8)9(14)15/h6-8,11,13H,5H2,1-4H3,(H,14,15). The molecule has 0 radical (unpaired) electrons. The van der Waals surface area contributed by atoms with E-state index in [9.17, 15) is 9.90 Å². The van der Waals surface area contributed by atoms with Gasteiger partial charge in [0.1, 0.15) is 0 Å². The van der Waals surface area contributed by atoms with Crippen LogP contribution in [-0.2, 0) is 0 Å². The van der Waals surface area contributed by atoms with E-state index in [0.29, 0.717) is 6.54 Å². The van der Waals surface area contributed by atoms with Crippen molar-refractivity contribution in [3.63, 3.8) is 0 Å². The molecule has 1 heterocycles. The number of likely N-dealkylation sites (N-methyl/N-ethyl adjacent to an activating group) is 1. The molecule has 15 heavy (non-hydrogen) atoms. The first-order valence-corrected chi connectivity index (χ1v) is 5.14. The molecule has 1 fully saturated rings. The highest BCUT2D eigenvalue weighted by Crippen LogP contribution is 2.33. The zero-order valence-corrected chi connectivity index (χ0v) is 9.69. The van der Waals surface area contributed by atoms with Crippen LogP contribution in [0.15, 0.2) is 0 Å². The molecule has 1 rings (SSSR count). The van der Waals surface area contributed by atoms with Gasteiger partial charge in [-0.05, 0) is 12.5 Å². The molecule has 3 N–H and O–H groups in total. The Morgan fingerprint density at radius 3 is 2.27 bits per heavy atom. The van der Waals surface area contributed by atoms with Crippen molar-refractivity contribution < 1.29 is 15.0 Å². The number of carboxylic acid groups (broad SMARTS) is 1. The lowest BCUT2D eigenvalue weighted by atomic mass is 9.83. The van der Waals surface area contributed by atoms with Crippen LogP contribution in [-0.4, -0.2) is 53.0 Å². The average molecular weight is 216 g/mol. The normalized spacial score (nSPS) is 32.1. The number of nitrogens with zero attached hydrogens (tertiary/aromatic N) is 1. The van der Waals surface area contributed by atoms with Crippen LogP contribution in [0.1, 0.15) is 20.8 Å². The third kappa shape index (κ3) is 2.23. The molecule has 1 aliphatic heterocycles. The molecule has 3 atom stereocenters. The van der Waals surface area contributed by atoms with E-state index in [1.807, 2.05) is 20.8 Å². The molecule has 0 saturated carbocycles. The van der Waals surface area contributed by atoms with E-state index in [-0.39, 0.29) is 17.5 Å². The van der Waals surface area contributed by atoms with Crippen molar-refractivity contribution in [1.29, 1.82) is 0 Å². The Morgan fingerprint density at radius 2 is 2.00 bits per heavy atom. The summed E-state index contributed by atoms with van der Waals surface area (Å²) in [7, 11) is 1.74. The van der Waals surface area contributed by atoms with E-state index in [1.165, 1.54) is 4.90 Å². The van der Waals surface area contributed by atoms with Gasteiger partial charge in [0, 0.05) is 6.54 Å². The zero-order chi connectivity index (χ0) is 11.8. The van der Waals surface area contributed by atoms with Crippen molar-refractivity contribution in [1.82, 2.24) is 10.2 Å². The smallest absolute Gasteiger partial charge is 0.407 e. The number of amides is 1. The molecule has 0 spiro atoms. The Labute approximate surface area is 90.1 Å². The summed E-state index contributed by atoms with van der Waals surface area (Å²) in [5.74, 6) is 0. The molecule has 1 amide bonds. The topological polar surface area (TPSA) is 72.8 Å². The van der Waals surface area contributed by atoms with Gasteiger partial charge in [-0.2, -0.15) is 0 Å². The lowest BCUT2D eigenvalue weighted by Gasteiger charge is -2.35. The zero-order valence-electron chi connectivity index (χ0n) is 9.69. The van der Waals surface area contributed by atoms with Crippen LogP contribution >= 0.6 is 0 Å². The van der Waals surface area contributed by atoms with Gasteiger partial charge in [-0.25, -0.2) is 4.79 Å². The molecule has 0 aromatic carbocycles. The second-order valence-electron chi connectivity index (χ2n) is 5.13. The minimum atomic E-state index is -0.966. The number of carbonyl (C=O) groups is 1. The van der Waals surface area contributed by atoms with Gasteiger partial charge in [0.2, 0.25) is 0 Å². The molecule has 3 unspecified atom stereocenters. The van der Waals surface area contributed by atoms with Crippen molar-refractivity contribution in [2.75, 3.05) is 13.6 Å². The minimum Gasteiger partial charge on any atom is -0.465 e. The number of aliphatic hydroxyl groups excluding tert-OH is 1. The summed E-state index contributed by atoms with van der Waals surface area (Å²) < 4.78 is 0. The first kappa shape index (κ1) is 12.3. The number of rotatable bonds is 1. The monoisotopic (exact) mass is 216 g/mol. The van der Waals surface area contributed by atoms with Gasteiger partial charge in [0.25, 0.3) is 0 Å². The fourth-order valence-electron chi connectivity index (χ4n) is 2.28. The highest BCUT2D eigenvalue weighted by atomic mass is 16.4. The third-order valence-electron chi connectivity index (χ3n) is 2.97. The van der Waals surface area contributed by atoms with Gasteiger partial charge < -0.3 is 20.4 Å². The Hall–Kier alpha value is -0.810. The first-order chi connectivity index (χ1) is 6.79. The summed E-state index contributed by atoms with van der Waals surface area (Å²) in [6.45, 7) is 6.16. The predicted molar refractivity (Wildman–Crippen MR) is 56.8 cm³/mol. The maximum absolute atomic E-state index is 11.1. The molecule has 1 aliphatic rings. The summed E-state index contributed by atoms with van der Waals surface area (Å²) in [4.78, 5) is 12.4. The highest BCUT2D eigenvalue weighted by Gasteiger charge is 2.48. The Balaban J connectivity index is 2.94. The first-order valence-electron chi connectivity index (χ1n) is 5.14. The molecule has 0 aromatic heterocycles. The van der Waals surface area contributed by atoms with Gasteiger partial charge in [-0.15, -0.1) is 0 Å². The Kier molecular flexibility index (Phi) is 3.25. The molecule has 1 saturated heterocycles. The average Bonchev–Trinajstić information content (AvgIpc) is 2.41. The third-order valence-corrected chi connectivity index (χ3v) is 2.97. The second-order valence-corrected chi connectivity index (χ2v) is 5.13. The number of aliphatic hydroxyl groups is 1.